The van der Waals surface area contributed by atoms with E-state index >= 15 is 0 Å². The van der Waals surface area contributed by atoms with E-state index in [1.807, 2.05) is 0 Å². The third-order valence-electron chi connectivity index (χ3n) is 3.41. The summed E-state index contributed by atoms with van der Waals surface area (Å²) in [6, 6.07) is 3.86. The number of anilines is 1. The summed E-state index contributed by atoms with van der Waals surface area (Å²) in [5.74, 6) is -0.778. The van der Waals surface area contributed by atoms with Gasteiger partial charge in [-0.25, -0.2) is 4.79 Å². The predicted molar refractivity (Wildman–Crippen MR) is 80.5 cm³/mol. The van der Waals surface area contributed by atoms with Crippen LogP contribution in [0.2, 0.25) is 0 Å². The number of carbonyl (C=O) groups excluding carboxylic acids is 3. The van der Waals surface area contributed by atoms with E-state index in [2.05, 4.69) is 4.74 Å². The highest BCUT2D eigenvalue weighted by molar-refractivity contribution is 6.33. The zero-order valence-corrected chi connectivity index (χ0v) is 13.2. The number of Topliss-reactive ketones (excluding diaryl/α,β-unsaturated/α-hetero) is 1. The number of hydrogen-bond donors (Lipinski definition) is 0. The zero-order chi connectivity index (χ0) is 16.4. The molecule has 22 heavy (non-hydrogen) atoms. The van der Waals surface area contributed by atoms with Crippen LogP contribution in [0.3, 0.4) is 0 Å². The van der Waals surface area contributed by atoms with Crippen molar-refractivity contribution >= 4 is 34.9 Å². The van der Waals surface area contributed by atoms with Crippen molar-refractivity contribution in [2.24, 2.45) is 0 Å². The fraction of sp³-hybridized carbons (Fsp3) is 0.400. The average Bonchev–Trinajstić information content (AvgIpc) is 2.51. The molecule has 0 N–H and O–H groups in total. The smallest absolute Gasteiger partial charge is 0.328 e. The van der Waals surface area contributed by atoms with Crippen molar-refractivity contribution in [1.29, 1.82) is 0 Å². The summed E-state index contributed by atoms with van der Waals surface area (Å²) in [6.07, 6.45) is 0. The molecule has 1 heterocycles. The van der Waals surface area contributed by atoms with E-state index in [1.54, 1.807) is 26.0 Å². The molecule has 1 amide bonds. The van der Waals surface area contributed by atoms with Gasteiger partial charge in [0.2, 0.25) is 0 Å². The molecule has 0 aromatic heterocycles. The predicted octanol–water partition coefficient (Wildman–Crippen LogP) is 1.78. The fourth-order valence-electron chi connectivity index (χ4n) is 2.25. The molecular weight excluding hydrogens is 310 g/mol. The minimum atomic E-state index is -0.820. The Morgan fingerprint density at radius 2 is 2.05 bits per heavy atom. The Morgan fingerprint density at radius 3 is 2.64 bits per heavy atom. The van der Waals surface area contributed by atoms with Gasteiger partial charge in [0.25, 0.3) is 5.91 Å². The maximum absolute atomic E-state index is 12.1. The number of rotatable bonds is 4. The number of esters is 1. The summed E-state index contributed by atoms with van der Waals surface area (Å²) in [5.41, 5.74) is 0.707. The number of benzene rings is 1. The second-order valence-corrected chi connectivity index (χ2v) is 5.57. The molecule has 0 bridgehead atoms. The van der Waals surface area contributed by atoms with E-state index < -0.39 is 17.4 Å². The first kappa shape index (κ1) is 16.3. The summed E-state index contributed by atoms with van der Waals surface area (Å²) in [6.45, 7) is 2.95. The second-order valence-electron chi connectivity index (χ2n) is 4.91. The molecule has 1 aliphatic rings. The van der Waals surface area contributed by atoms with Gasteiger partial charge in [-0.1, -0.05) is 0 Å². The lowest BCUT2D eigenvalue weighted by atomic mass is 10.1. The minimum absolute atomic E-state index is 0.173. The monoisotopic (exact) mass is 325 g/mol. The molecule has 1 aliphatic heterocycles. The number of alkyl halides is 1. The van der Waals surface area contributed by atoms with Gasteiger partial charge in [-0.3, -0.25) is 14.5 Å². The van der Waals surface area contributed by atoms with Crippen LogP contribution in [0.25, 0.3) is 0 Å². The number of halogens is 1. The zero-order valence-electron chi connectivity index (χ0n) is 12.5. The minimum Gasteiger partial charge on any atom is -0.482 e. The van der Waals surface area contributed by atoms with Gasteiger partial charge in [0.05, 0.1) is 18.2 Å². The fourth-order valence-corrected chi connectivity index (χ4v) is 2.38. The molecule has 7 heteroatoms. The van der Waals surface area contributed by atoms with E-state index in [1.165, 1.54) is 18.1 Å². The molecule has 2 atom stereocenters. The number of hydrogen-bond acceptors (Lipinski definition) is 5. The van der Waals surface area contributed by atoms with Crippen molar-refractivity contribution in [2.75, 3.05) is 18.6 Å². The average molecular weight is 326 g/mol. The van der Waals surface area contributed by atoms with E-state index in [0.29, 0.717) is 17.0 Å². The lowest BCUT2D eigenvalue weighted by Gasteiger charge is -2.32. The Labute approximate surface area is 132 Å². The first-order valence-corrected chi connectivity index (χ1v) is 7.15. The first-order chi connectivity index (χ1) is 10.4. The highest BCUT2D eigenvalue weighted by atomic mass is 35.5. The Morgan fingerprint density at radius 1 is 1.36 bits per heavy atom. The lowest BCUT2D eigenvalue weighted by molar-refractivity contribution is -0.143. The van der Waals surface area contributed by atoms with Crippen LogP contribution in [0.4, 0.5) is 5.69 Å². The van der Waals surface area contributed by atoms with Gasteiger partial charge in [-0.2, -0.15) is 0 Å². The van der Waals surface area contributed by atoms with Crippen LogP contribution in [0.1, 0.15) is 24.2 Å². The third-order valence-corrected chi connectivity index (χ3v) is 3.61. The topological polar surface area (TPSA) is 72.9 Å². The molecule has 2 unspecified atom stereocenters. The molecule has 0 saturated heterocycles. The van der Waals surface area contributed by atoms with Gasteiger partial charge in [0, 0.05) is 5.56 Å². The number of amides is 1. The standard InChI is InChI=1S/C15H16ClNO5/c1-8(16)14(19)10-4-5-12-11(6-10)17(13(18)7-22-12)9(2)15(20)21-3/h4-6,8-9H,7H2,1-3H3. The summed E-state index contributed by atoms with van der Waals surface area (Å²) in [4.78, 5) is 37.2. The number of ether oxygens (including phenoxy) is 2. The van der Waals surface area contributed by atoms with Crippen molar-refractivity contribution in [3.8, 4) is 5.75 Å². The first-order valence-electron chi connectivity index (χ1n) is 6.71. The number of carbonyl (C=O) groups is 3. The van der Waals surface area contributed by atoms with Crippen LogP contribution in [-0.4, -0.2) is 42.8 Å². The van der Waals surface area contributed by atoms with Crippen LogP contribution in [0.5, 0.6) is 5.75 Å². The van der Waals surface area contributed by atoms with Crippen LogP contribution >= 0.6 is 11.6 Å². The Kier molecular flexibility index (Phi) is 4.71. The molecule has 6 nitrogen and oxygen atoms in total. The highest BCUT2D eigenvalue weighted by Crippen LogP contribution is 2.35. The summed E-state index contributed by atoms with van der Waals surface area (Å²) in [7, 11) is 1.25. The Balaban J connectivity index is 2.47. The number of nitrogens with zero attached hydrogens (tertiary/aromatic N) is 1. The maximum atomic E-state index is 12.1. The number of fused-ring (bicyclic) bond motifs is 1. The van der Waals surface area contributed by atoms with Crippen LogP contribution < -0.4 is 9.64 Å². The summed E-state index contributed by atoms with van der Waals surface area (Å²) in [5, 5.41) is -0.690. The molecule has 0 radical (unpaired) electrons. The normalized spacial score (nSPS) is 16.4. The van der Waals surface area contributed by atoms with E-state index in [4.69, 9.17) is 16.3 Å². The molecule has 0 saturated carbocycles. The second kappa shape index (κ2) is 6.36. The molecular formula is C15H16ClNO5. The summed E-state index contributed by atoms with van der Waals surface area (Å²) >= 11 is 5.81. The number of ketones is 1. The quantitative estimate of drug-likeness (QED) is 0.479. The SMILES string of the molecule is COC(=O)C(C)N1C(=O)COc2ccc(C(=O)C(C)Cl)cc21. The van der Waals surface area contributed by atoms with Gasteiger partial charge < -0.3 is 9.47 Å². The lowest BCUT2D eigenvalue weighted by Crippen LogP contribution is -2.48. The maximum Gasteiger partial charge on any atom is 0.328 e. The Bertz CT molecular complexity index is 628. The van der Waals surface area contributed by atoms with E-state index in [0.717, 1.165) is 0 Å². The molecule has 0 fully saturated rings. The molecule has 1 aromatic carbocycles. The molecule has 1 aromatic rings. The van der Waals surface area contributed by atoms with Crippen LogP contribution in [0.15, 0.2) is 18.2 Å². The van der Waals surface area contributed by atoms with Crippen molar-refractivity contribution in [3.63, 3.8) is 0 Å². The molecule has 2 rings (SSSR count). The number of methoxy groups -OCH3 is 1. The molecule has 0 spiro atoms. The van der Waals surface area contributed by atoms with Crippen molar-refractivity contribution in [1.82, 2.24) is 0 Å². The third kappa shape index (κ3) is 2.92. The molecule has 118 valence electrons. The Hall–Kier alpha value is -2.08. The van der Waals surface area contributed by atoms with Crippen molar-refractivity contribution in [3.05, 3.63) is 23.8 Å². The van der Waals surface area contributed by atoms with Crippen LogP contribution in [0, 0.1) is 0 Å². The van der Waals surface area contributed by atoms with Gasteiger partial charge in [-0.05, 0) is 32.0 Å². The van der Waals surface area contributed by atoms with Gasteiger partial charge in [0.1, 0.15) is 11.8 Å². The largest absolute Gasteiger partial charge is 0.482 e. The molecule has 0 aliphatic carbocycles. The van der Waals surface area contributed by atoms with Crippen molar-refractivity contribution in [2.45, 2.75) is 25.3 Å². The van der Waals surface area contributed by atoms with Crippen LogP contribution in [-0.2, 0) is 14.3 Å². The van der Waals surface area contributed by atoms with E-state index in [9.17, 15) is 14.4 Å². The van der Waals surface area contributed by atoms with Gasteiger partial charge in [0.15, 0.2) is 12.4 Å². The summed E-state index contributed by atoms with van der Waals surface area (Å²) < 4.78 is 10.0. The van der Waals surface area contributed by atoms with Gasteiger partial charge in [-0.15, -0.1) is 11.6 Å². The van der Waals surface area contributed by atoms with E-state index in [-0.39, 0.29) is 18.3 Å². The van der Waals surface area contributed by atoms with Gasteiger partial charge >= 0.3 is 5.97 Å². The van der Waals surface area contributed by atoms with Crippen molar-refractivity contribution < 1.29 is 23.9 Å². The highest BCUT2D eigenvalue weighted by Gasteiger charge is 2.34.